The lowest BCUT2D eigenvalue weighted by Gasteiger charge is -2.13. The number of hydrogen-bond donors (Lipinski definition) is 0. The molecular formula is C23H23NO6S. The van der Waals surface area contributed by atoms with Gasteiger partial charge in [-0.2, -0.15) is 0 Å². The molecule has 1 aliphatic rings. The summed E-state index contributed by atoms with van der Waals surface area (Å²) in [5, 5.41) is -0.342. The maximum Gasteiger partial charge on any atom is 0.308 e. The minimum absolute atomic E-state index is 0.158. The molecule has 0 spiro atoms. The Bertz CT molecular complexity index is 1030. The summed E-state index contributed by atoms with van der Waals surface area (Å²) in [6, 6.07) is 12.5. The van der Waals surface area contributed by atoms with Crippen molar-refractivity contribution < 1.29 is 28.6 Å². The highest BCUT2D eigenvalue weighted by Crippen LogP contribution is 2.34. The number of thioether (sulfide) groups is 1. The molecule has 8 heteroatoms. The number of nitrogens with zero attached hydrogens (tertiary/aromatic N) is 1. The van der Waals surface area contributed by atoms with Crippen LogP contribution in [0.5, 0.6) is 17.2 Å². The first-order valence-electron chi connectivity index (χ1n) is 9.77. The van der Waals surface area contributed by atoms with Crippen LogP contribution in [0.2, 0.25) is 0 Å². The van der Waals surface area contributed by atoms with E-state index in [4.69, 9.17) is 14.2 Å². The van der Waals surface area contributed by atoms with Crippen LogP contribution < -0.4 is 14.2 Å². The Hall–Kier alpha value is -3.26. The first kappa shape index (κ1) is 22.4. The third kappa shape index (κ3) is 5.88. The summed E-state index contributed by atoms with van der Waals surface area (Å²) in [5.41, 5.74) is 1.72. The summed E-state index contributed by atoms with van der Waals surface area (Å²) in [4.78, 5) is 37.7. The summed E-state index contributed by atoms with van der Waals surface area (Å²) >= 11 is 0.876. The monoisotopic (exact) mass is 441 g/mol. The Morgan fingerprint density at radius 1 is 1.10 bits per heavy atom. The molecule has 1 aliphatic heterocycles. The summed E-state index contributed by atoms with van der Waals surface area (Å²) in [6.07, 6.45) is 1.62. The molecule has 3 rings (SSSR count). The normalized spacial score (nSPS) is 14.8. The van der Waals surface area contributed by atoms with Gasteiger partial charge in [-0.1, -0.05) is 18.2 Å². The molecule has 1 heterocycles. The third-order valence-corrected chi connectivity index (χ3v) is 5.17. The number of hydrogen-bond acceptors (Lipinski definition) is 7. The van der Waals surface area contributed by atoms with Crippen LogP contribution in [0.3, 0.4) is 0 Å². The Balaban J connectivity index is 1.69. The van der Waals surface area contributed by atoms with E-state index in [0.29, 0.717) is 34.3 Å². The van der Waals surface area contributed by atoms with Crippen molar-refractivity contribution in [3.63, 3.8) is 0 Å². The van der Waals surface area contributed by atoms with Gasteiger partial charge in [0.1, 0.15) is 12.4 Å². The highest BCUT2D eigenvalue weighted by molar-refractivity contribution is 8.18. The van der Waals surface area contributed by atoms with Gasteiger partial charge in [-0.15, -0.1) is 0 Å². The fraction of sp³-hybridized carbons (Fsp3) is 0.261. The van der Waals surface area contributed by atoms with Crippen molar-refractivity contribution in [3.05, 3.63) is 58.5 Å². The van der Waals surface area contributed by atoms with Crippen LogP contribution in [-0.4, -0.2) is 41.8 Å². The molecule has 162 valence electrons. The largest absolute Gasteiger partial charge is 0.492 e. The molecule has 0 saturated carbocycles. The van der Waals surface area contributed by atoms with Crippen LogP contribution in [-0.2, 0) is 9.59 Å². The van der Waals surface area contributed by atoms with Crippen molar-refractivity contribution in [1.82, 2.24) is 4.90 Å². The van der Waals surface area contributed by atoms with Gasteiger partial charge in [0.2, 0.25) is 0 Å². The molecule has 1 saturated heterocycles. The van der Waals surface area contributed by atoms with Crippen LogP contribution >= 0.6 is 11.8 Å². The summed E-state index contributed by atoms with van der Waals surface area (Å²) in [6.45, 7) is 5.83. The van der Waals surface area contributed by atoms with Crippen molar-refractivity contribution in [2.75, 3.05) is 19.8 Å². The van der Waals surface area contributed by atoms with Gasteiger partial charge in [0.25, 0.3) is 11.1 Å². The molecule has 0 aliphatic carbocycles. The molecule has 0 radical (unpaired) electrons. The maximum atomic E-state index is 12.7. The Kier molecular flexibility index (Phi) is 7.36. The van der Waals surface area contributed by atoms with Gasteiger partial charge in [0.05, 0.1) is 18.1 Å². The minimum atomic E-state index is -0.456. The third-order valence-electron chi connectivity index (χ3n) is 4.27. The summed E-state index contributed by atoms with van der Waals surface area (Å²) in [5.74, 6) is 0.552. The Morgan fingerprint density at radius 2 is 1.90 bits per heavy atom. The quantitative estimate of drug-likeness (QED) is 0.340. The average Bonchev–Trinajstić information content (AvgIpc) is 2.97. The molecule has 1 fully saturated rings. The molecule has 0 unspecified atom stereocenters. The van der Waals surface area contributed by atoms with Crippen molar-refractivity contribution in [2.45, 2.75) is 20.8 Å². The predicted molar refractivity (Wildman–Crippen MR) is 118 cm³/mol. The van der Waals surface area contributed by atoms with Crippen molar-refractivity contribution in [1.29, 1.82) is 0 Å². The van der Waals surface area contributed by atoms with Crippen LogP contribution in [0.15, 0.2) is 47.4 Å². The predicted octanol–water partition coefficient (Wildman–Crippen LogP) is 4.43. The number of esters is 1. The molecule has 0 aromatic heterocycles. The second-order valence-corrected chi connectivity index (χ2v) is 7.72. The van der Waals surface area contributed by atoms with E-state index >= 15 is 0 Å². The number of benzene rings is 2. The van der Waals surface area contributed by atoms with Crippen molar-refractivity contribution in [3.8, 4) is 17.2 Å². The van der Waals surface area contributed by atoms with Gasteiger partial charge in [0.15, 0.2) is 11.5 Å². The zero-order valence-electron chi connectivity index (χ0n) is 17.5. The zero-order chi connectivity index (χ0) is 22.4. The molecular weight excluding hydrogens is 418 g/mol. The highest BCUT2D eigenvalue weighted by atomic mass is 32.2. The van der Waals surface area contributed by atoms with Crippen LogP contribution in [0.4, 0.5) is 4.79 Å². The molecule has 0 atom stereocenters. The van der Waals surface area contributed by atoms with Gasteiger partial charge in [-0.3, -0.25) is 19.3 Å². The van der Waals surface area contributed by atoms with Crippen LogP contribution in [0.25, 0.3) is 6.08 Å². The van der Waals surface area contributed by atoms with E-state index in [0.717, 1.165) is 17.3 Å². The lowest BCUT2D eigenvalue weighted by atomic mass is 10.2. The number of amides is 2. The lowest BCUT2D eigenvalue weighted by Crippen LogP contribution is -2.32. The van der Waals surface area contributed by atoms with E-state index < -0.39 is 5.97 Å². The molecule has 0 bridgehead atoms. The molecule has 31 heavy (non-hydrogen) atoms. The van der Waals surface area contributed by atoms with Gasteiger partial charge < -0.3 is 14.2 Å². The number of carbonyl (C=O) groups excluding carboxylic acids is 3. The van der Waals surface area contributed by atoms with E-state index in [1.165, 1.54) is 11.8 Å². The van der Waals surface area contributed by atoms with E-state index in [-0.39, 0.29) is 24.3 Å². The van der Waals surface area contributed by atoms with E-state index in [1.807, 2.05) is 38.1 Å². The minimum Gasteiger partial charge on any atom is -0.492 e. The number of imide groups is 1. The molecule has 2 aromatic carbocycles. The summed E-state index contributed by atoms with van der Waals surface area (Å²) in [7, 11) is 0. The SMILES string of the molecule is CCOc1cc(/C=C2\SC(=O)N(CCOc3cccc(C)c3)C2=O)ccc1OC(C)=O. The molecule has 2 aromatic rings. The molecule has 0 N–H and O–H groups in total. The maximum absolute atomic E-state index is 12.7. The van der Waals surface area contributed by atoms with E-state index in [9.17, 15) is 14.4 Å². The number of carbonyl (C=O) groups is 3. The van der Waals surface area contributed by atoms with Crippen LogP contribution in [0.1, 0.15) is 25.0 Å². The average molecular weight is 442 g/mol. The Labute approximate surface area is 185 Å². The topological polar surface area (TPSA) is 82.1 Å². The first-order valence-corrected chi connectivity index (χ1v) is 10.6. The van der Waals surface area contributed by atoms with E-state index in [2.05, 4.69) is 0 Å². The van der Waals surface area contributed by atoms with Gasteiger partial charge in [-0.05, 0) is 67.1 Å². The van der Waals surface area contributed by atoms with Gasteiger partial charge in [-0.25, -0.2) is 0 Å². The number of rotatable bonds is 8. The standard InChI is InChI=1S/C23H23NO6S/c1-4-28-20-13-17(8-9-19(20)30-16(3)25)14-21-22(26)24(23(27)31-21)10-11-29-18-7-5-6-15(2)12-18/h5-9,12-14H,4,10-11H2,1-3H3/b21-14-. The second kappa shape index (κ2) is 10.2. The fourth-order valence-electron chi connectivity index (χ4n) is 2.93. The number of aryl methyl sites for hydroxylation is 1. The lowest BCUT2D eigenvalue weighted by molar-refractivity contribution is -0.132. The second-order valence-electron chi connectivity index (χ2n) is 6.73. The summed E-state index contributed by atoms with van der Waals surface area (Å²) < 4.78 is 16.3. The highest BCUT2D eigenvalue weighted by Gasteiger charge is 2.34. The van der Waals surface area contributed by atoms with Gasteiger partial charge >= 0.3 is 5.97 Å². The Morgan fingerprint density at radius 3 is 2.61 bits per heavy atom. The number of ether oxygens (including phenoxy) is 3. The smallest absolute Gasteiger partial charge is 0.308 e. The van der Waals surface area contributed by atoms with Crippen molar-refractivity contribution >= 4 is 35.0 Å². The molecule has 2 amide bonds. The van der Waals surface area contributed by atoms with Crippen LogP contribution in [0, 0.1) is 6.92 Å². The van der Waals surface area contributed by atoms with E-state index in [1.54, 1.807) is 24.3 Å². The molecule has 7 nitrogen and oxygen atoms in total. The first-order chi connectivity index (χ1) is 14.9. The zero-order valence-corrected chi connectivity index (χ0v) is 18.4. The fourth-order valence-corrected chi connectivity index (χ4v) is 3.79. The van der Waals surface area contributed by atoms with Crippen molar-refractivity contribution in [2.24, 2.45) is 0 Å². The van der Waals surface area contributed by atoms with Gasteiger partial charge in [0, 0.05) is 6.92 Å².